The maximum Gasteiger partial charge on any atom is 0.416 e. The topological polar surface area (TPSA) is 81.3 Å². The fraction of sp³-hybridized carbons (Fsp3) is 0.536. The first-order chi connectivity index (χ1) is 19.4. The number of pyridine rings is 1. The summed E-state index contributed by atoms with van der Waals surface area (Å²) >= 11 is 0. The minimum atomic E-state index is -4.64. The number of anilines is 3. The number of likely N-dealkylation sites (N-methyl/N-ethyl adjacent to an activating group) is 2. The fourth-order valence-electron chi connectivity index (χ4n) is 5.77. The average Bonchev–Trinajstić information content (AvgIpc) is 3.30. The van der Waals surface area contributed by atoms with Gasteiger partial charge in [0.2, 0.25) is 11.8 Å². The Labute approximate surface area is 236 Å². The third-order valence-corrected chi connectivity index (χ3v) is 8.02. The zero-order valence-electron chi connectivity index (χ0n) is 23.3. The van der Waals surface area contributed by atoms with Crippen molar-refractivity contribution in [2.45, 2.75) is 37.6 Å². The highest BCUT2D eigenvalue weighted by Gasteiger charge is 2.43. The van der Waals surface area contributed by atoms with Gasteiger partial charge < -0.3 is 19.9 Å². The molecule has 1 N–H and O–H groups in total. The average molecular weight is 579 g/mol. The summed E-state index contributed by atoms with van der Waals surface area (Å²) in [7, 11) is 3.23. The van der Waals surface area contributed by atoms with Gasteiger partial charge in [-0.15, -0.1) is 0 Å². The van der Waals surface area contributed by atoms with E-state index in [2.05, 4.69) is 15.2 Å². The number of aromatic nitrogens is 1. The Hall–Kier alpha value is -3.29. The highest BCUT2D eigenvalue weighted by molar-refractivity contribution is 6.09. The molecule has 1 atom stereocenters. The van der Waals surface area contributed by atoms with Gasteiger partial charge >= 0.3 is 6.18 Å². The molecule has 222 valence electrons. The number of benzene rings is 1. The predicted molar refractivity (Wildman–Crippen MR) is 146 cm³/mol. The molecule has 1 aromatic carbocycles. The number of hydrogen-bond acceptors (Lipinski definition) is 7. The number of nitrogens with one attached hydrogen (secondary N) is 1. The SMILES string of the molecule is Cc1cc(C(F)(F)F)cc(N2C(=O)CC[C@H]2C(=O)N(C)c2cccc(F)c2N(C)CCN2CCOC3(CNC3)C2)n1. The van der Waals surface area contributed by atoms with Gasteiger partial charge in [0.05, 0.1) is 23.5 Å². The third-order valence-electron chi connectivity index (χ3n) is 8.02. The lowest BCUT2D eigenvalue weighted by Gasteiger charge is -2.49. The smallest absolute Gasteiger partial charge is 0.370 e. The second-order valence-electron chi connectivity index (χ2n) is 11.0. The van der Waals surface area contributed by atoms with Gasteiger partial charge in [-0.2, -0.15) is 13.2 Å². The molecule has 2 amide bonds. The van der Waals surface area contributed by atoms with Crippen molar-refractivity contribution in [1.29, 1.82) is 0 Å². The first-order valence-corrected chi connectivity index (χ1v) is 13.6. The Morgan fingerprint density at radius 3 is 2.68 bits per heavy atom. The highest BCUT2D eigenvalue weighted by Crippen LogP contribution is 2.36. The number of morpholine rings is 1. The third kappa shape index (κ3) is 5.88. The van der Waals surface area contributed by atoms with Crippen LogP contribution in [0.1, 0.15) is 24.1 Å². The molecule has 5 rings (SSSR count). The minimum absolute atomic E-state index is 0.0201. The monoisotopic (exact) mass is 578 g/mol. The Morgan fingerprint density at radius 2 is 2.00 bits per heavy atom. The molecule has 13 heteroatoms. The van der Waals surface area contributed by atoms with Gasteiger partial charge in [0.1, 0.15) is 23.3 Å². The van der Waals surface area contributed by atoms with E-state index in [0.717, 1.165) is 43.2 Å². The van der Waals surface area contributed by atoms with E-state index < -0.39 is 35.4 Å². The number of para-hydroxylation sites is 1. The van der Waals surface area contributed by atoms with Crippen molar-refractivity contribution >= 4 is 29.0 Å². The number of halogens is 4. The van der Waals surface area contributed by atoms with Crippen LogP contribution >= 0.6 is 0 Å². The number of aryl methyl sites for hydroxylation is 1. The largest absolute Gasteiger partial charge is 0.416 e. The molecule has 3 aliphatic heterocycles. The van der Waals surface area contributed by atoms with E-state index in [9.17, 15) is 22.8 Å². The van der Waals surface area contributed by atoms with Crippen LogP contribution < -0.4 is 20.0 Å². The van der Waals surface area contributed by atoms with Crippen LogP contribution in [0.4, 0.5) is 34.8 Å². The highest BCUT2D eigenvalue weighted by atomic mass is 19.4. The van der Waals surface area contributed by atoms with Crippen molar-refractivity contribution < 1.29 is 31.9 Å². The molecule has 0 saturated carbocycles. The van der Waals surface area contributed by atoms with Crippen molar-refractivity contribution in [1.82, 2.24) is 15.2 Å². The van der Waals surface area contributed by atoms with Crippen molar-refractivity contribution in [2.75, 3.05) is 74.7 Å². The van der Waals surface area contributed by atoms with Crippen LogP contribution in [0.25, 0.3) is 0 Å². The summed E-state index contributed by atoms with van der Waals surface area (Å²) in [5, 5.41) is 3.24. The molecule has 4 heterocycles. The summed E-state index contributed by atoms with van der Waals surface area (Å²) < 4.78 is 61.6. The van der Waals surface area contributed by atoms with Crippen LogP contribution in [0, 0.1) is 12.7 Å². The van der Waals surface area contributed by atoms with E-state index >= 15 is 4.39 Å². The molecule has 9 nitrogen and oxygen atoms in total. The molecule has 1 spiro atoms. The number of amides is 2. The van der Waals surface area contributed by atoms with E-state index in [4.69, 9.17) is 4.74 Å². The van der Waals surface area contributed by atoms with Crippen molar-refractivity contribution in [3.05, 3.63) is 47.4 Å². The first kappa shape index (κ1) is 29.2. The summed E-state index contributed by atoms with van der Waals surface area (Å²) in [6.07, 6.45) is -4.56. The Kier molecular flexibility index (Phi) is 7.96. The Balaban J connectivity index is 1.35. The molecule has 0 unspecified atom stereocenters. The number of carbonyl (C=O) groups excluding carboxylic acids is 2. The van der Waals surface area contributed by atoms with E-state index in [1.807, 2.05) is 0 Å². The van der Waals surface area contributed by atoms with Crippen LogP contribution in [0.2, 0.25) is 0 Å². The zero-order valence-corrected chi connectivity index (χ0v) is 23.3. The molecule has 3 saturated heterocycles. The lowest BCUT2D eigenvalue weighted by atomic mass is 9.95. The van der Waals surface area contributed by atoms with Crippen LogP contribution in [0.5, 0.6) is 0 Å². The molecular formula is C28H34F4N6O3. The van der Waals surface area contributed by atoms with Crippen LogP contribution in [0.3, 0.4) is 0 Å². The molecule has 1 aromatic heterocycles. The van der Waals surface area contributed by atoms with Gasteiger partial charge in [0, 0.05) is 65.5 Å². The molecule has 3 aliphatic rings. The number of nitrogens with zero attached hydrogens (tertiary/aromatic N) is 5. The summed E-state index contributed by atoms with van der Waals surface area (Å²) in [4.78, 5) is 37.0. The molecule has 2 aromatic rings. The quantitative estimate of drug-likeness (QED) is 0.507. The minimum Gasteiger partial charge on any atom is -0.370 e. The fourth-order valence-corrected chi connectivity index (χ4v) is 5.77. The zero-order chi connectivity index (χ0) is 29.5. The molecule has 0 aliphatic carbocycles. The summed E-state index contributed by atoms with van der Waals surface area (Å²) in [6.45, 7) is 6.35. The van der Waals surface area contributed by atoms with Crippen molar-refractivity contribution in [2.24, 2.45) is 0 Å². The van der Waals surface area contributed by atoms with Crippen molar-refractivity contribution in [3.8, 4) is 0 Å². The van der Waals surface area contributed by atoms with Gasteiger partial charge in [-0.05, 0) is 37.6 Å². The van der Waals surface area contributed by atoms with E-state index in [1.54, 1.807) is 18.0 Å². The Bertz CT molecular complexity index is 1320. The van der Waals surface area contributed by atoms with Gasteiger partial charge in [-0.3, -0.25) is 19.4 Å². The van der Waals surface area contributed by atoms with Gasteiger partial charge in [-0.1, -0.05) is 6.07 Å². The second kappa shape index (κ2) is 11.2. The van der Waals surface area contributed by atoms with Gasteiger partial charge in [-0.25, -0.2) is 9.37 Å². The van der Waals surface area contributed by atoms with E-state index in [1.165, 1.54) is 31.0 Å². The summed E-state index contributed by atoms with van der Waals surface area (Å²) in [5.41, 5.74) is -0.521. The first-order valence-electron chi connectivity index (χ1n) is 13.6. The van der Waals surface area contributed by atoms with Crippen LogP contribution in [-0.4, -0.2) is 93.3 Å². The number of carbonyl (C=O) groups is 2. The maximum atomic E-state index is 15.3. The summed E-state index contributed by atoms with van der Waals surface area (Å²) in [5.74, 6) is -1.78. The normalized spacial score (nSPS) is 20.8. The number of ether oxygens (including phenoxy) is 1. The van der Waals surface area contributed by atoms with Gasteiger partial charge in [0.25, 0.3) is 0 Å². The number of hydrogen-bond donors (Lipinski definition) is 1. The molecule has 0 bridgehead atoms. The number of alkyl halides is 3. The predicted octanol–water partition coefficient (Wildman–Crippen LogP) is 2.82. The van der Waals surface area contributed by atoms with Crippen LogP contribution in [0.15, 0.2) is 30.3 Å². The Morgan fingerprint density at radius 1 is 1.24 bits per heavy atom. The molecular weight excluding hydrogens is 544 g/mol. The molecule has 41 heavy (non-hydrogen) atoms. The van der Waals surface area contributed by atoms with E-state index in [-0.39, 0.29) is 35.6 Å². The molecule has 3 fully saturated rings. The number of rotatable bonds is 7. The molecule has 0 radical (unpaired) electrons. The standard InChI is InChI=1S/C28H34F4N6O3/c1-18-13-19(28(30,31)32)14-23(34-18)38-22(7-8-24(38)39)26(40)36(3)21-6-4-5-20(29)25(21)35(2)9-10-37-11-12-41-27(17-37)15-33-16-27/h4-6,13-14,22,33H,7-12,15-17H2,1-3H3/t22-/m0/s1. The van der Waals surface area contributed by atoms with Crippen molar-refractivity contribution in [3.63, 3.8) is 0 Å². The van der Waals surface area contributed by atoms with Gasteiger partial charge in [0.15, 0.2) is 0 Å². The maximum absolute atomic E-state index is 15.3. The lowest BCUT2D eigenvalue weighted by Crippen LogP contribution is -2.69. The second-order valence-corrected chi connectivity index (χ2v) is 11.0. The summed E-state index contributed by atoms with van der Waals surface area (Å²) in [6, 6.07) is 5.03. The van der Waals surface area contributed by atoms with Crippen LogP contribution in [-0.2, 0) is 20.5 Å². The van der Waals surface area contributed by atoms with E-state index in [0.29, 0.717) is 25.4 Å². The lowest BCUT2D eigenvalue weighted by molar-refractivity contribution is -0.137.